The monoisotopic (exact) mass is 388 g/mol. The van der Waals surface area contributed by atoms with E-state index >= 15 is 0 Å². The zero-order valence-corrected chi connectivity index (χ0v) is 16.4. The average molecular weight is 389 g/mol. The molecule has 3 rings (SSSR count). The average Bonchev–Trinajstić information content (AvgIpc) is 3.26. The summed E-state index contributed by atoms with van der Waals surface area (Å²) in [7, 11) is 1.94. The van der Waals surface area contributed by atoms with E-state index in [-0.39, 0.29) is 17.8 Å². The molecular weight excluding hydrogens is 367 g/mol. The first kappa shape index (κ1) is 18.8. The van der Waals surface area contributed by atoms with Crippen LogP contribution in [0.25, 0.3) is 0 Å². The Bertz CT molecular complexity index is 843. The Hall–Kier alpha value is -2.02. The summed E-state index contributed by atoms with van der Waals surface area (Å²) in [6.45, 7) is 3.14. The second kappa shape index (κ2) is 8.58. The van der Waals surface area contributed by atoms with Crippen LogP contribution in [0.15, 0.2) is 53.2 Å². The van der Waals surface area contributed by atoms with Crippen LogP contribution in [0.3, 0.4) is 0 Å². The molecule has 0 radical (unpaired) electrons. The Morgan fingerprint density at radius 3 is 2.54 bits per heavy atom. The van der Waals surface area contributed by atoms with Gasteiger partial charge in [-0.25, -0.2) is 4.39 Å². The van der Waals surface area contributed by atoms with Crippen LogP contribution < -0.4 is 5.32 Å². The Labute approximate surface area is 161 Å². The molecule has 1 aromatic carbocycles. The molecule has 0 spiro atoms. The van der Waals surface area contributed by atoms with Crippen molar-refractivity contribution in [3.8, 4) is 0 Å². The van der Waals surface area contributed by atoms with Gasteiger partial charge < -0.3 is 5.32 Å². The lowest BCUT2D eigenvalue weighted by Gasteiger charge is -2.21. The van der Waals surface area contributed by atoms with E-state index in [1.807, 2.05) is 29.5 Å². The lowest BCUT2D eigenvalue weighted by Crippen LogP contribution is -2.37. The number of amides is 1. The molecule has 0 aliphatic heterocycles. The van der Waals surface area contributed by atoms with Crippen molar-refractivity contribution < 1.29 is 9.18 Å². The summed E-state index contributed by atoms with van der Waals surface area (Å²) >= 11 is 3.28. The third kappa shape index (κ3) is 4.78. The van der Waals surface area contributed by atoms with Crippen molar-refractivity contribution >= 4 is 28.6 Å². The number of nitrogens with one attached hydrogen (secondary N) is 1. The summed E-state index contributed by atoms with van der Waals surface area (Å²) in [6.07, 6.45) is 0. The van der Waals surface area contributed by atoms with Crippen molar-refractivity contribution in [1.29, 1.82) is 0 Å². The Morgan fingerprint density at radius 1 is 1.15 bits per heavy atom. The molecule has 0 bridgehead atoms. The van der Waals surface area contributed by atoms with Gasteiger partial charge in [0, 0.05) is 16.3 Å². The summed E-state index contributed by atoms with van der Waals surface area (Å²) in [5.41, 5.74) is 2.13. The van der Waals surface area contributed by atoms with Gasteiger partial charge in [-0.1, -0.05) is 18.2 Å². The summed E-state index contributed by atoms with van der Waals surface area (Å²) in [5, 5.41) is 7.14. The van der Waals surface area contributed by atoms with Gasteiger partial charge in [0.25, 0.3) is 0 Å². The summed E-state index contributed by atoms with van der Waals surface area (Å²) < 4.78 is 13.2. The van der Waals surface area contributed by atoms with Crippen LogP contribution in [-0.2, 0) is 11.3 Å². The number of hydrogen-bond acceptors (Lipinski definition) is 4. The number of likely N-dealkylation sites (N-methyl/N-ethyl adjacent to an activating group) is 1. The molecule has 0 aliphatic rings. The normalized spacial score (nSPS) is 12.3. The van der Waals surface area contributed by atoms with E-state index in [2.05, 4.69) is 23.7 Å². The largest absolute Gasteiger partial charge is 0.343 e. The van der Waals surface area contributed by atoms with Gasteiger partial charge >= 0.3 is 0 Å². The van der Waals surface area contributed by atoms with Gasteiger partial charge in [0.05, 0.1) is 12.6 Å². The summed E-state index contributed by atoms with van der Waals surface area (Å²) in [6, 6.07) is 12.1. The van der Waals surface area contributed by atoms with Gasteiger partial charge in [-0.05, 0) is 60.1 Å². The molecular formula is C20H21FN2OS2. The molecule has 1 N–H and O–H groups in total. The molecule has 1 amide bonds. The quantitative estimate of drug-likeness (QED) is 0.642. The molecule has 0 fully saturated rings. The van der Waals surface area contributed by atoms with Crippen LogP contribution in [0.5, 0.6) is 0 Å². The van der Waals surface area contributed by atoms with Crippen molar-refractivity contribution in [1.82, 2.24) is 10.2 Å². The van der Waals surface area contributed by atoms with Crippen molar-refractivity contribution in [2.45, 2.75) is 19.5 Å². The van der Waals surface area contributed by atoms with E-state index in [4.69, 9.17) is 0 Å². The minimum absolute atomic E-state index is 0.0514. The van der Waals surface area contributed by atoms with E-state index < -0.39 is 0 Å². The molecule has 2 aromatic heterocycles. The maximum atomic E-state index is 13.2. The minimum Gasteiger partial charge on any atom is -0.343 e. The van der Waals surface area contributed by atoms with Crippen molar-refractivity contribution in [3.63, 3.8) is 0 Å². The zero-order valence-electron chi connectivity index (χ0n) is 14.7. The van der Waals surface area contributed by atoms with Crippen LogP contribution in [0.1, 0.15) is 26.9 Å². The van der Waals surface area contributed by atoms with Gasteiger partial charge in [-0.3, -0.25) is 9.69 Å². The Kier molecular flexibility index (Phi) is 6.19. The molecule has 26 heavy (non-hydrogen) atoms. The van der Waals surface area contributed by atoms with Crippen LogP contribution in [0.2, 0.25) is 0 Å². The number of hydrogen-bond donors (Lipinski definition) is 1. The van der Waals surface area contributed by atoms with E-state index in [1.54, 1.807) is 34.8 Å². The predicted molar refractivity (Wildman–Crippen MR) is 106 cm³/mol. The molecule has 3 aromatic rings. The summed E-state index contributed by atoms with van der Waals surface area (Å²) in [5.74, 6) is -0.333. The van der Waals surface area contributed by atoms with Gasteiger partial charge in [-0.2, -0.15) is 0 Å². The van der Waals surface area contributed by atoms with Gasteiger partial charge in [0.2, 0.25) is 5.91 Å². The topological polar surface area (TPSA) is 32.3 Å². The molecule has 0 saturated heterocycles. The number of carbonyl (C=O) groups is 1. The second-order valence-corrected chi connectivity index (χ2v) is 8.25. The van der Waals surface area contributed by atoms with Crippen LogP contribution >= 0.6 is 22.7 Å². The molecule has 136 valence electrons. The number of halogens is 1. The first-order chi connectivity index (χ1) is 12.5. The standard InChI is InChI=1S/C20H21FN2OS2/c1-14-9-11-26-18(14)12-23(2)13-19(24)22-20(17-4-3-10-25-17)15-5-7-16(21)8-6-15/h3-11,20H,12-13H2,1-2H3,(H,22,24)/t20-/m1/s1. The van der Waals surface area contributed by atoms with E-state index in [0.29, 0.717) is 6.54 Å². The number of rotatable bonds is 7. The van der Waals surface area contributed by atoms with Crippen molar-refractivity contribution in [2.24, 2.45) is 0 Å². The van der Waals surface area contributed by atoms with Crippen LogP contribution in [0.4, 0.5) is 4.39 Å². The molecule has 3 nitrogen and oxygen atoms in total. The SMILES string of the molecule is Cc1ccsc1CN(C)CC(=O)N[C@H](c1ccc(F)cc1)c1cccs1. The summed E-state index contributed by atoms with van der Waals surface area (Å²) in [4.78, 5) is 16.9. The lowest BCUT2D eigenvalue weighted by molar-refractivity contribution is -0.122. The van der Waals surface area contributed by atoms with E-state index in [9.17, 15) is 9.18 Å². The highest BCUT2D eigenvalue weighted by molar-refractivity contribution is 7.10. The number of benzene rings is 1. The predicted octanol–water partition coefficient (Wildman–Crippen LogP) is 4.59. The fourth-order valence-corrected chi connectivity index (χ4v) is 4.54. The fraction of sp³-hybridized carbons (Fsp3) is 0.250. The smallest absolute Gasteiger partial charge is 0.234 e. The highest BCUT2D eigenvalue weighted by Crippen LogP contribution is 2.26. The van der Waals surface area contributed by atoms with E-state index in [1.165, 1.54) is 22.6 Å². The molecule has 2 heterocycles. The minimum atomic E-state index is -0.281. The van der Waals surface area contributed by atoms with Crippen molar-refractivity contribution in [3.05, 3.63) is 79.9 Å². The van der Waals surface area contributed by atoms with Gasteiger partial charge in [-0.15, -0.1) is 22.7 Å². The van der Waals surface area contributed by atoms with Gasteiger partial charge in [0.15, 0.2) is 0 Å². The zero-order chi connectivity index (χ0) is 18.5. The first-order valence-corrected chi connectivity index (χ1v) is 10.1. The molecule has 6 heteroatoms. The van der Waals surface area contributed by atoms with Crippen LogP contribution in [-0.4, -0.2) is 24.4 Å². The highest BCUT2D eigenvalue weighted by Gasteiger charge is 2.19. The number of aryl methyl sites for hydroxylation is 1. The number of carbonyl (C=O) groups excluding carboxylic acids is 1. The maximum Gasteiger partial charge on any atom is 0.234 e. The number of nitrogens with zero attached hydrogens (tertiary/aromatic N) is 1. The molecule has 0 aliphatic carbocycles. The first-order valence-electron chi connectivity index (χ1n) is 8.32. The molecule has 0 saturated carbocycles. The van der Waals surface area contributed by atoms with Gasteiger partial charge in [0.1, 0.15) is 5.82 Å². The second-order valence-electron chi connectivity index (χ2n) is 6.27. The highest BCUT2D eigenvalue weighted by atomic mass is 32.1. The third-order valence-electron chi connectivity index (χ3n) is 4.13. The van der Waals surface area contributed by atoms with Crippen LogP contribution in [0, 0.1) is 12.7 Å². The fourth-order valence-electron chi connectivity index (χ4n) is 2.75. The van der Waals surface area contributed by atoms with E-state index in [0.717, 1.165) is 17.0 Å². The Morgan fingerprint density at radius 2 is 1.92 bits per heavy atom. The maximum absolute atomic E-state index is 13.2. The number of thiophene rings is 2. The lowest BCUT2D eigenvalue weighted by atomic mass is 10.1. The van der Waals surface area contributed by atoms with Crippen molar-refractivity contribution in [2.75, 3.05) is 13.6 Å². The Balaban J connectivity index is 1.67. The molecule has 0 unspecified atom stereocenters. The molecule has 1 atom stereocenters. The third-order valence-corrected chi connectivity index (χ3v) is 6.08.